The van der Waals surface area contributed by atoms with Gasteiger partial charge in [-0.3, -0.25) is 4.79 Å². The molecule has 0 radical (unpaired) electrons. The zero-order valence-corrected chi connectivity index (χ0v) is 7.34. The van der Waals surface area contributed by atoms with Gasteiger partial charge >= 0.3 is 0 Å². The Morgan fingerprint density at radius 3 is 3.08 bits per heavy atom. The maximum atomic E-state index is 10.7. The fourth-order valence-corrected chi connectivity index (χ4v) is 0.876. The molecule has 0 amide bonds. The van der Waals surface area contributed by atoms with Crippen molar-refractivity contribution in [1.29, 1.82) is 0 Å². The third-order valence-corrected chi connectivity index (χ3v) is 1.47. The van der Waals surface area contributed by atoms with Gasteiger partial charge < -0.3 is 4.74 Å². The molecule has 0 aromatic carbocycles. The first kappa shape index (κ1) is 9.00. The number of rotatable bonds is 3. The molecule has 0 atom stereocenters. The zero-order chi connectivity index (χ0) is 8.97. The van der Waals surface area contributed by atoms with E-state index in [2.05, 4.69) is 4.98 Å². The molecule has 0 aliphatic carbocycles. The predicted molar refractivity (Wildman–Crippen MR) is 45.6 cm³/mol. The van der Waals surface area contributed by atoms with Crippen molar-refractivity contribution in [2.24, 2.45) is 0 Å². The van der Waals surface area contributed by atoms with E-state index < -0.39 is 5.24 Å². The van der Waals surface area contributed by atoms with Gasteiger partial charge in [-0.1, -0.05) is 0 Å². The molecule has 1 heterocycles. The number of aromatic nitrogens is 1. The Morgan fingerprint density at radius 2 is 2.50 bits per heavy atom. The van der Waals surface area contributed by atoms with Crippen LogP contribution in [0.3, 0.4) is 0 Å². The highest BCUT2D eigenvalue weighted by atomic mass is 35.5. The van der Waals surface area contributed by atoms with Crippen molar-refractivity contribution < 1.29 is 9.53 Å². The molecular formula is C8H8ClNO2. The monoisotopic (exact) mass is 185 g/mol. The van der Waals surface area contributed by atoms with Crippen molar-refractivity contribution >= 4 is 16.8 Å². The van der Waals surface area contributed by atoms with Crippen LogP contribution >= 0.6 is 11.6 Å². The summed E-state index contributed by atoms with van der Waals surface area (Å²) in [6, 6.07) is 3.05. The number of hydrogen-bond donors (Lipinski definition) is 0. The van der Waals surface area contributed by atoms with Gasteiger partial charge in [0, 0.05) is 17.8 Å². The summed E-state index contributed by atoms with van der Waals surface area (Å²) in [6.07, 6.45) is 1.49. The van der Waals surface area contributed by atoms with Crippen molar-refractivity contribution in [2.75, 3.05) is 6.61 Å². The Balaban J connectivity index is 2.88. The smallest absolute Gasteiger partial charge is 0.252 e. The molecule has 0 aliphatic heterocycles. The molecule has 3 nitrogen and oxygen atoms in total. The number of halogens is 1. The van der Waals surface area contributed by atoms with Crippen LogP contribution in [0.25, 0.3) is 0 Å². The minimum atomic E-state index is -0.502. The molecule has 1 aromatic rings. The molecule has 12 heavy (non-hydrogen) atoms. The first-order valence-electron chi connectivity index (χ1n) is 3.52. The number of carbonyl (C=O) groups is 1. The quantitative estimate of drug-likeness (QED) is 0.675. The summed E-state index contributed by atoms with van der Waals surface area (Å²) in [5.74, 6) is 0.420. The molecule has 0 spiro atoms. The lowest BCUT2D eigenvalue weighted by Crippen LogP contribution is -1.96. The molecule has 1 aromatic heterocycles. The summed E-state index contributed by atoms with van der Waals surface area (Å²) in [6.45, 7) is 2.36. The average Bonchev–Trinajstić information content (AvgIpc) is 2.05. The number of carbonyl (C=O) groups excluding carboxylic acids is 1. The van der Waals surface area contributed by atoms with Gasteiger partial charge in [0.25, 0.3) is 5.24 Å². The van der Waals surface area contributed by atoms with Crippen molar-refractivity contribution in [3.8, 4) is 5.88 Å². The van der Waals surface area contributed by atoms with Crippen LogP contribution in [0.1, 0.15) is 17.3 Å². The summed E-state index contributed by atoms with van der Waals surface area (Å²) in [5, 5.41) is -0.502. The second-order valence-corrected chi connectivity index (χ2v) is 2.43. The van der Waals surface area contributed by atoms with E-state index in [1.165, 1.54) is 18.3 Å². The first-order chi connectivity index (χ1) is 5.74. The molecule has 0 bridgehead atoms. The normalized spacial score (nSPS) is 9.50. The van der Waals surface area contributed by atoms with Crippen molar-refractivity contribution in [1.82, 2.24) is 4.98 Å². The van der Waals surface area contributed by atoms with E-state index in [9.17, 15) is 4.79 Å². The van der Waals surface area contributed by atoms with Gasteiger partial charge in [-0.05, 0) is 24.6 Å². The van der Waals surface area contributed by atoms with Gasteiger partial charge in [-0.2, -0.15) is 0 Å². The molecule has 0 unspecified atom stereocenters. The second-order valence-electron chi connectivity index (χ2n) is 2.09. The van der Waals surface area contributed by atoms with Gasteiger partial charge in [0.05, 0.1) is 6.61 Å². The van der Waals surface area contributed by atoms with Gasteiger partial charge in [-0.25, -0.2) is 4.98 Å². The number of pyridine rings is 1. The molecule has 64 valence electrons. The Labute approximate surface area is 75.3 Å². The maximum Gasteiger partial charge on any atom is 0.252 e. The molecule has 0 saturated carbocycles. The third-order valence-electron chi connectivity index (χ3n) is 1.25. The minimum absolute atomic E-state index is 0.398. The third kappa shape index (κ3) is 2.20. The van der Waals surface area contributed by atoms with E-state index in [0.29, 0.717) is 18.1 Å². The fraction of sp³-hybridized carbons (Fsp3) is 0.250. The summed E-state index contributed by atoms with van der Waals surface area (Å²) >= 11 is 5.25. The van der Waals surface area contributed by atoms with Crippen LogP contribution in [0.2, 0.25) is 0 Å². The van der Waals surface area contributed by atoms with Gasteiger partial charge in [-0.15, -0.1) is 0 Å². The highest BCUT2D eigenvalue weighted by Crippen LogP contribution is 2.10. The van der Waals surface area contributed by atoms with Crippen LogP contribution in [0.5, 0.6) is 5.88 Å². The lowest BCUT2D eigenvalue weighted by molar-refractivity contribution is 0.108. The minimum Gasteiger partial charge on any atom is -0.478 e. The molecule has 1 rings (SSSR count). The van der Waals surface area contributed by atoms with E-state index in [1.807, 2.05) is 6.92 Å². The molecule has 0 saturated heterocycles. The summed E-state index contributed by atoms with van der Waals surface area (Å²) in [4.78, 5) is 14.6. The fourth-order valence-electron chi connectivity index (χ4n) is 0.759. The largest absolute Gasteiger partial charge is 0.478 e. The van der Waals surface area contributed by atoms with E-state index in [4.69, 9.17) is 16.3 Å². The van der Waals surface area contributed by atoms with Crippen LogP contribution in [0.15, 0.2) is 18.3 Å². The molecule has 0 aliphatic rings. The molecule has 0 fully saturated rings. The van der Waals surface area contributed by atoms with Crippen molar-refractivity contribution in [3.05, 3.63) is 23.9 Å². The Hall–Kier alpha value is -1.09. The maximum absolute atomic E-state index is 10.7. The van der Waals surface area contributed by atoms with Crippen molar-refractivity contribution in [2.45, 2.75) is 6.92 Å². The Kier molecular flexibility index (Phi) is 3.05. The first-order valence-corrected chi connectivity index (χ1v) is 3.90. The molecule has 0 N–H and O–H groups in total. The molecule has 4 heteroatoms. The van der Waals surface area contributed by atoms with Crippen LogP contribution in [-0.2, 0) is 0 Å². The highest BCUT2D eigenvalue weighted by molar-refractivity contribution is 6.67. The van der Waals surface area contributed by atoms with Gasteiger partial charge in [0.15, 0.2) is 0 Å². The van der Waals surface area contributed by atoms with Crippen LogP contribution in [-0.4, -0.2) is 16.8 Å². The van der Waals surface area contributed by atoms with E-state index in [-0.39, 0.29) is 0 Å². The standard InChI is InChI=1S/C8H8ClNO2/c1-2-12-7-5-6(8(9)11)3-4-10-7/h3-5H,2H2,1H3. The van der Waals surface area contributed by atoms with Gasteiger partial charge in [0.1, 0.15) is 0 Å². The highest BCUT2D eigenvalue weighted by Gasteiger charge is 2.02. The number of ether oxygens (including phenoxy) is 1. The van der Waals surface area contributed by atoms with Crippen LogP contribution in [0, 0.1) is 0 Å². The average molecular weight is 186 g/mol. The Bertz CT molecular complexity index is 288. The second kappa shape index (κ2) is 4.07. The van der Waals surface area contributed by atoms with E-state index >= 15 is 0 Å². The van der Waals surface area contributed by atoms with E-state index in [1.54, 1.807) is 0 Å². The summed E-state index contributed by atoms with van der Waals surface area (Å²) in [7, 11) is 0. The van der Waals surface area contributed by atoms with Crippen LogP contribution < -0.4 is 4.74 Å². The number of hydrogen-bond acceptors (Lipinski definition) is 3. The zero-order valence-electron chi connectivity index (χ0n) is 6.58. The Morgan fingerprint density at radius 1 is 1.75 bits per heavy atom. The summed E-state index contributed by atoms with van der Waals surface area (Å²) in [5.41, 5.74) is 0.398. The van der Waals surface area contributed by atoms with Crippen molar-refractivity contribution in [3.63, 3.8) is 0 Å². The van der Waals surface area contributed by atoms with Gasteiger partial charge in [0.2, 0.25) is 5.88 Å². The number of nitrogens with zero attached hydrogens (tertiary/aromatic N) is 1. The summed E-state index contributed by atoms with van der Waals surface area (Å²) < 4.78 is 5.07. The lowest BCUT2D eigenvalue weighted by Gasteiger charge is -2.01. The SMILES string of the molecule is CCOc1cc(C(=O)Cl)ccn1. The van der Waals surface area contributed by atoms with E-state index in [0.717, 1.165) is 0 Å². The lowest BCUT2D eigenvalue weighted by atomic mass is 10.3. The van der Waals surface area contributed by atoms with Crippen LogP contribution in [0.4, 0.5) is 0 Å². The predicted octanol–water partition coefficient (Wildman–Crippen LogP) is 1.86. The molecular weight excluding hydrogens is 178 g/mol. The topological polar surface area (TPSA) is 39.2 Å².